The number of phosphoric acid groups is 1. The normalized spacial score (nSPS) is 16.6. The Hall–Kier alpha value is -1.78. The summed E-state index contributed by atoms with van der Waals surface area (Å²) in [5.74, 6) is -3.98. The summed E-state index contributed by atoms with van der Waals surface area (Å²) < 4.78 is 73.3. The summed E-state index contributed by atoms with van der Waals surface area (Å²) in [5.41, 5.74) is 5.26. The van der Waals surface area contributed by atoms with Crippen LogP contribution in [0.15, 0.2) is 12.2 Å². The van der Waals surface area contributed by atoms with Crippen LogP contribution in [0.2, 0.25) is 0 Å². The van der Waals surface area contributed by atoms with Crippen molar-refractivity contribution in [1.29, 1.82) is 0 Å². The molecule has 0 amide bonds. The van der Waals surface area contributed by atoms with Crippen molar-refractivity contribution >= 4 is 25.7 Å². The van der Waals surface area contributed by atoms with E-state index >= 15 is 0 Å². The largest absolute Gasteiger partial charge is 0.480 e. The van der Waals surface area contributed by atoms with E-state index in [-0.39, 0.29) is 19.3 Å². The van der Waals surface area contributed by atoms with E-state index in [1.165, 1.54) is 77.0 Å². The summed E-state index contributed by atoms with van der Waals surface area (Å²) in [7, 11) is -5.59. The molecule has 0 aromatic carbocycles. The van der Waals surface area contributed by atoms with Gasteiger partial charge in [0.05, 0.1) is 20.0 Å². The average Bonchev–Trinajstić information content (AvgIpc) is 3.11. The van der Waals surface area contributed by atoms with Gasteiger partial charge in [0.25, 0.3) is 0 Å². The van der Waals surface area contributed by atoms with E-state index in [0.717, 1.165) is 57.8 Å². The molecule has 0 aromatic heterocycles. The Kier molecular flexibility index (Phi) is 27.9. The van der Waals surface area contributed by atoms with Gasteiger partial charge >= 0.3 is 25.7 Å². The fourth-order valence-corrected chi connectivity index (χ4v) is 5.80. The number of phosphoric ester groups is 1. The summed E-state index contributed by atoms with van der Waals surface area (Å²) in [6.07, 6.45) is 25.4. The molecular weight excluding hydrogens is 673 g/mol. The summed E-state index contributed by atoms with van der Waals surface area (Å²) in [4.78, 5) is 46.7. The lowest BCUT2D eigenvalue weighted by Crippen LogP contribution is -2.34. The summed E-state index contributed by atoms with van der Waals surface area (Å²) in [6.45, 7) is -4.41. The van der Waals surface area contributed by atoms with Crippen molar-refractivity contribution in [2.75, 3.05) is 19.7 Å². The van der Waals surface area contributed by atoms with E-state index in [4.69, 9.17) is 27.2 Å². The first-order valence-electron chi connectivity index (χ1n) is 22.2. The highest BCUT2D eigenvalue weighted by molar-refractivity contribution is 7.47. The van der Waals surface area contributed by atoms with Crippen LogP contribution in [-0.4, -0.2) is 59.8 Å². The number of hydrogen-bond acceptors (Lipinski definition) is 9. The third-order valence-electron chi connectivity index (χ3n) is 8.34. The van der Waals surface area contributed by atoms with Crippen LogP contribution in [0.5, 0.6) is 0 Å². The van der Waals surface area contributed by atoms with Gasteiger partial charge in [-0.25, -0.2) is 4.57 Å². The molecule has 51 heavy (non-hydrogen) atoms. The minimum absolute atomic E-state index is 0.266. The zero-order chi connectivity index (χ0) is 42.4. The molecule has 0 spiro atoms. The highest BCUT2D eigenvalue weighted by Crippen LogP contribution is 2.43. The number of carboxylic acids is 1. The molecule has 0 aliphatic heterocycles. The van der Waals surface area contributed by atoms with Crippen LogP contribution in [0.25, 0.3) is 0 Å². The topological polar surface area (TPSA) is 172 Å². The monoisotopic (exact) mass is 753 g/mol. The van der Waals surface area contributed by atoms with Gasteiger partial charge in [-0.1, -0.05) is 148 Å². The number of aliphatic carboxylic acids is 1. The number of rotatable bonds is 38. The van der Waals surface area contributed by atoms with Gasteiger partial charge in [0.1, 0.15) is 12.6 Å². The van der Waals surface area contributed by atoms with Crippen LogP contribution in [0, 0.1) is 0 Å². The fraction of sp³-hybridized carbons (Fsp3) is 0.872. The van der Waals surface area contributed by atoms with Gasteiger partial charge < -0.3 is 25.2 Å². The number of hydrogen-bond donors (Lipinski definition) is 3. The van der Waals surface area contributed by atoms with Gasteiger partial charge in [-0.15, -0.1) is 0 Å². The van der Waals surface area contributed by atoms with Crippen molar-refractivity contribution in [2.24, 2.45) is 5.73 Å². The minimum atomic E-state index is -5.59. The van der Waals surface area contributed by atoms with E-state index < -0.39 is 57.6 Å². The molecule has 300 valence electrons. The second kappa shape index (κ2) is 35.3. The lowest BCUT2D eigenvalue weighted by molar-refractivity contribution is -0.161. The van der Waals surface area contributed by atoms with Gasteiger partial charge in [-0.05, 0) is 38.5 Å². The number of esters is 2. The second-order valence-electron chi connectivity index (χ2n) is 13.3. The molecule has 0 heterocycles. The SMILES string of the molecule is [2H]C([2H])(OC(=O)CCCCCCCCCCCCCCCC)[C@@]([2H])(OC(=O)CCCCCCC/C=C\CCCCCC)C([2H])([2H])OP(=O)(O)OC[C@H](N)C(=O)O. The minimum Gasteiger partial charge on any atom is -0.480 e. The van der Waals surface area contributed by atoms with E-state index in [1.807, 2.05) is 0 Å². The van der Waals surface area contributed by atoms with Crippen molar-refractivity contribution in [2.45, 2.75) is 199 Å². The van der Waals surface area contributed by atoms with E-state index in [0.29, 0.717) is 19.3 Å². The molecule has 0 bridgehead atoms. The standard InChI is InChI=1S/C39H74NO10P/c1-3-5-7-9-11-13-15-17-19-20-22-24-26-28-30-37(41)47-32-35(33-48-51(45,46)49-34-36(40)39(43)44)50-38(42)31-29-27-25-23-21-18-16-14-12-10-8-6-4-2/h14,16,35-36H,3-13,15,17-34,40H2,1-2H3,(H,43,44)(H,45,46)/b16-14-/t35-,36+/m1/s1/i32D2,33D2,35D. The predicted molar refractivity (Wildman–Crippen MR) is 203 cm³/mol. The number of nitrogens with two attached hydrogens (primary N) is 1. The molecule has 3 atom stereocenters. The molecule has 0 fully saturated rings. The number of ether oxygens (including phenoxy) is 2. The molecular formula is C39H74NO10P. The fourth-order valence-electron chi connectivity index (χ4n) is 5.20. The Morgan fingerprint density at radius 3 is 1.55 bits per heavy atom. The molecule has 0 aromatic rings. The number of carbonyl (C=O) groups excluding carboxylic acids is 2. The van der Waals surface area contributed by atoms with Gasteiger partial charge in [0.15, 0.2) is 6.08 Å². The molecule has 4 N–H and O–H groups in total. The molecule has 0 aliphatic rings. The summed E-state index contributed by atoms with van der Waals surface area (Å²) in [6, 6.07) is -1.80. The van der Waals surface area contributed by atoms with Crippen LogP contribution >= 0.6 is 7.82 Å². The quantitative estimate of drug-likeness (QED) is 0.0237. The van der Waals surface area contributed by atoms with E-state index in [1.54, 1.807) is 0 Å². The number of carbonyl (C=O) groups is 3. The summed E-state index contributed by atoms with van der Waals surface area (Å²) in [5, 5.41) is 8.92. The Morgan fingerprint density at radius 2 is 1.08 bits per heavy atom. The second-order valence-corrected chi connectivity index (χ2v) is 14.6. The van der Waals surface area contributed by atoms with Gasteiger partial charge in [-0.2, -0.15) is 0 Å². The Labute approximate surface area is 316 Å². The first kappa shape index (κ1) is 40.4. The van der Waals surface area contributed by atoms with E-state index in [2.05, 4.69) is 35.0 Å². The Balaban J connectivity index is 5.16. The first-order chi connectivity index (χ1) is 26.4. The molecule has 0 saturated carbocycles. The van der Waals surface area contributed by atoms with Crippen molar-refractivity contribution in [3.63, 3.8) is 0 Å². The van der Waals surface area contributed by atoms with Crippen molar-refractivity contribution in [3.05, 3.63) is 12.2 Å². The average molecular weight is 753 g/mol. The van der Waals surface area contributed by atoms with E-state index in [9.17, 15) is 23.8 Å². The lowest BCUT2D eigenvalue weighted by Gasteiger charge is -2.20. The smallest absolute Gasteiger partial charge is 0.472 e. The maximum absolute atomic E-state index is 12.9. The highest BCUT2D eigenvalue weighted by Gasteiger charge is 2.28. The van der Waals surface area contributed by atoms with Gasteiger partial charge in [0, 0.05) is 12.8 Å². The van der Waals surface area contributed by atoms with Crippen LogP contribution in [-0.2, 0) is 37.5 Å². The van der Waals surface area contributed by atoms with Gasteiger partial charge in [0.2, 0.25) is 0 Å². The lowest BCUT2D eigenvalue weighted by atomic mass is 10.0. The molecule has 0 saturated heterocycles. The summed E-state index contributed by atoms with van der Waals surface area (Å²) >= 11 is 0. The zero-order valence-electron chi connectivity index (χ0n) is 36.7. The molecule has 0 rings (SSSR count). The number of allylic oxidation sites excluding steroid dienone is 2. The third kappa shape index (κ3) is 35.0. The van der Waals surface area contributed by atoms with Crippen molar-refractivity contribution in [1.82, 2.24) is 0 Å². The number of carboxylic acid groups (broad SMARTS) is 1. The maximum Gasteiger partial charge on any atom is 0.472 e. The Morgan fingerprint density at radius 1 is 0.667 bits per heavy atom. The number of unbranched alkanes of at least 4 members (excludes halogenated alkanes) is 22. The van der Waals surface area contributed by atoms with Crippen LogP contribution < -0.4 is 5.73 Å². The molecule has 11 nitrogen and oxygen atoms in total. The first-order valence-corrected chi connectivity index (χ1v) is 21.2. The molecule has 0 aliphatic carbocycles. The van der Waals surface area contributed by atoms with Crippen LogP contribution in [0.3, 0.4) is 0 Å². The highest BCUT2D eigenvalue weighted by atomic mass is 31.2. The van der Waals surface area contributed by atoms with Crippen molar-refractivity contribution in [3.8, 4) is 0 Å². The Bertz CT molecular complexity index is 1150. The predicted octanol–water partition coefficient (Wildman–Crippen LogP) is 10.1. The molecule has 1 unspecified atom stereocenters. The maximum atomic E-state index is 12.9. The van der Waals surface area contributed by atoms with Gasteiger partial charge in [-0.3, -0.25) is 23.4 Å². The molecule has 0 radical (unpaired) electrons. The van der Waals surface area contributed by atoms with Crippen LogP contribution in [0.4, 0.5) is 0 Å². The zero-order valence-corrected chi connectivity index (χ0v) is 32.6. The molecule has 12 heteroatoms. The van der Waals surface area contributed by atoms with Crippen molar-refractivity contribution < 1.29 is 54.3 Å². The van der Waals surface area contributed by atoms with Crippen LogP contribution in [0.1, 0.15) is 194 Å². The third-order valence-corrected chi connectivity index (χ3v) is 9.14.